The number of benzene rings is 1. The van der Waals surface area contributed by atoms with E-state index in [4.69, 9.17) is 0 Å². The van der Waals surface area contributed by atoms with Gasteiger partial charge in [0, 0.05) is 12.1 Å². The van der Waals surface area contributed by atoms with Gasteiger partial charge in [-0.15, -0.1) is 0 Å². The second kappa shape index (κ2) is 7.00. The van der Waals surface area contributed by atoms with E-state index in [1.807, 2.05) is 11.6 Å². The summed E-state index contributed by atoms with van der Waals surface area (Å²) in [6, 6.07) is 6.44. The fraction of sp³-hybridized carbons (Fsp3) is 0.357. The van der Waals surface area contributed by atoms with Gasteiger partial charge < -0.3 is 10.1 Å². The molecular weight excluding hydrogens is 344 g/mol. The average molecular weight is 360 g/mol. The molecule has 0 aliphatic carbocycles. The van der Waals surface area contributed by atoms with Gasteiger partial charge in [0.05, 0.1) is 22.4 Å². The Hall–Kier alpha value is -1.47. The number of halogens is 3. The van der Waals surface area contributed by atoms with Crippen LogP contribution >= 0.6 is 15.9 Å². The summed E-state index contributed by atoms with van der Waals surface area (Å²) >= 11 is 3.46. The number of aryl methyl sites for hydroxylation is 1. The summed E-state index contributed by atoms with van der Waals surface area (Å²) in [5.74, 6) is 0.155. The van der Waals surface area contributed by atoms with Crippen LogP contribution in [0.25, 0.3) is 0 Å². The van der Waals surface area contributed by atoms with Crippen LogP contribution in [0.5, 0.6) is 5.75 Å². The zero-order valence-electron chi connectivity index (χ0n) is 11.7. The molecule has 1 aromatic heterocycles. The molecule has 0 saturated heterocycles. The van der Waals surface area contributed by atoms with Gasteiger partial charge in [0.1, 0.15) is 5.75 Å². The SMILES string of the molecule is CCn1ncc(Br)c1C(NC)c1ccccc1OC(F)F. The minimum Gasteiger partial charge on any atom is -0.434 e. The van der Waals surface area contributed by atoms with Crippen molar-refractivity contribution in [1.82, 2.24) is 15.1 Å². The van der Waals surface area contributed by atoms with E-state index in [0.717, 1.165) is 10.2 Å². The van der Waals surface area contributed by atoms with Crippen LogP contribution in [-0.4, -0.2) is 23.4 Å². The van der Waals surface area contributed by atoms with E-state index >= 15 is 0 Å². The largest absolute Gasteiger partial charge is 0.434 e. The maximum absolute atomic E-state index is 12.6. The van der Waals surface area contributed by atoms with Gasteiger partial charge in [-0.25, -0.2) is 0 Å². The van der Waals surface area contributed by atoms with Crippen LogP contribution < -0.4 is 10.1 Å². The summed E-state index contributed by atoms with van der Waals surface area (Å²) in [6.45, 7) is -0.211. The molecular formula is C14H16BrF2N3O. The minimum atomic E-state index is -2.86. The second-order valence-corrected chi connectivity index (χ2v) is 5.19. The molecule has 1 heterocycles. The first-order chi connectivity index (χ1) is 10.1. The molecule has 0 radical (unpaired) electrons. The van der Waals surface area contributed by atoms with E-state index in [0.29, 0.717) is 12.1 Å². The number of hydrogen-bond acceptors (Lipinski definition) is 3. The topological polar surface area (TPSA) is 39.1 Å². The molecule has 0 saturated carbocycles. The highest BCUT2D eigenvalue weighted by Crippen LogP contribution is 2.34. The van der Waals surface area contributed by atoms with Gasteiger partial charge >= 0.3 is 6.61 Å². The van der Waals surface area contributed by atoms with Gasteiger partial charge in [-0.3, -0.25) is 4.68 Å². The number of aromatic nitrogens is 2. The van der Waals surface area contributed by atoms with Crippen LogP contribution in [0.15, 0.2) is 34.9 Å². The molecule has 21 heavy (non-hydrogen) atoms. The number of para-hydroxylation sites is 1. The Morgan fingerprint density at radius 1 is 1.38 bits per heavy atom. The maximum Gasteiger partial charge on any atom is 0.387 e. The molecule has 0 bridgehead atoms. The fourth-order valence-electron chi connectivity index (χ4n) is 2.27. The second-order valence-electron chi connectivity index (χ2n) is 4.33. The summed E-state index contributed by atoms with van der Waals surface area (Å²) in [7, 11) is 1.77. The van der Waals surface area contributed by atoms with E-state index < -0.39 is 6.61 Å². The Labute approximate surface area is 130 Å². The lowest BCUT2D eigenvalue weighted by Gasteiger charge is -2.21. The highest BCUT2D eigenvalue weighted by Gasteiger charge is 2.23. The Morgan fingerprint density at radius 2 is 2.10 bits per heavy atom. The Morgan fingerprint density at radius 3 is 2.71 bits per heavy atom. The van der Waals surface area contributed by atoms with Crippen molar-refractivity contribution in [2.24, 2.45) is 0 Å². The highest BCUT2D eigenvalue weighted by molar-refractivity contribution is 9.10. The number of ether oxygens (including phenoxy) is 1. The van der Waals surface area contributed by atoms with Gasteiger partial charge in [-0.1, -0.05) is 18.2 Å². The molecule has 1 aromatic carbocycles. The smallest absolute Gasteiger partial charge is 0.387 e. The Balaban J connectivity index is 2.49. The van der Waals surface area contributed by atoms with Crippen LogP contribution in [0.1, 0.15) is 24.2 Å². The summed E-state index contributed by atoms with van der Waals surface area (Å²) in [4.78, 5) is 0. The van der Waals surface area contributed by atoms with Gasteiger partial charge in [0.25, 0.3) is 0 Å². The molecule has 0 spiro atoms. The summed E-state index contributed by atoms with van der Waals surface area (Å²) < 4.78 is 32.4. The van der Waals surface area contributed by atoms with Gasteiger partial charge in [-0.05, 0) is 36.0 Å². The Kier molecular flexibility index (Phi) is 5.30. The first kappa shape index (κ1) is 15.9. The predicted molar refractivity (Wildman–Crippen MR) is 79.6 cm³/mol. The number of rotatable bonds is 6. The standard InChI is InChI=1S/C14H16BrF2N3O/c1-3-20-13(10(15)8-19-20)12(18-2)9-6-4-5-7-11(9)21-14(16)17/h4-8,12,14,18H,3H2,1-2H3. The third-order valence-corrected chi connectivity index (χ3v) is 3.75. The molecule has 114 valence electrons. The van der Waals surface area contributed by atoms with Crippen molar-refractivity contribution < 1.29 is 13.5 Å². The lowest BCUT2D eigenvalue weighted by atomic mass is 10.0. The van der Waals surface area contributed by atoms with E-state index in [9.17, 15) is 8.78 Å². The fourth-order valence-corrected chi connectivity index (χ4v) is 2.80. The molecule has 7 heteroatoms. The molecule has 2 aromatic rings. The Bertz CT molecular complexity index is 604. The molecule has 1 unspecified atom stereocenters. The first-order valence-electron chi connectivity index (χ1n) is 6.50. The summed E-state index contributed by atoms with van der Waals surface area (Å²) in [6.07, 6.45) is 1.69. The van der Waals surface area contributed by atoms with E-state index in [1.165, 1.54) is 6.07 Å². The molecule has 1 atom stereocenters. The lowest BCUT2D eigenvalue weighted by molar-refractivity contribution is -0.0506. The van der Waals surface area contributed by atoms with Crippen molar-refractivity contribution in [1.29, 1.82) is 0 Å². The predicted octanol–water partition coefficient (Wildman–Crippen LogP) is 3.58. The number of nitrogens with one attached hydrogen (secondary N) is 1. The molecule has 2 rings (SSSR count). The average Bonchev–Trinajstić information content (AvgIpc) is 2.82. The van der Waals surface area contributed by atoms with Crippen molar-refractivity contribution in [3.63, 3.8) is 0 Å². The maximum atomic E-state index is 12.6. The number of hydrogen-bond donors (Lipinski definition) is 1. The summed E-state index contributed by atoms with van der Waals surface area (Å²) in [5, 5.41) is 7.39. The molecule has 4 nitrogen and oxygen atoms in total. The number of alkyl halides is 2. The third kappa shape index (κ3) is 3.41. The molecule has 0 aliphatic heterocycles. The van der Waals surface area contributed by atoms with Crippen LogP contribution in [-0.2, 0) is 6.54 Å². The first-order valence-corrected chi connectivity index (χ1v) is 7.30. The van der Waals surface area contributed by atoms with Crippen LogP contribution in [0.3, 0.4) is 0 Å². The van der Waals surface area contributed by atoms with E-state index in [-0.39, 0.29) is 11.8 Å². The van der Waals surface area contributed by atoms with Crippen LogP contribution in [0.2, 0.25) is 0 Å². The molecule has 0 amide bonds. The van der Waals surface area contributed by atoms with Crippen molar-refractivity contribution in [3.8, 4) is 5.75 Å². The van der Waals surface area contributed by atoms with Gasteiger partial charge in [0.2, 0.25) is 0 Å². The minimum absolute atomic E-state index is 0.155. The quantitative estimate of drug-likeness (QED) is 0.856. The van der Waals surface area contributed by atoms with Crippen LogP contribution in [0, 0.1) is 0 Å². The van der Waals surface area contributed by atoms with Gasteiger partial charge in [-0.2, -0.15) is 13.9 Å². The van der Waals surface area contributed by atoms with Crippen LogP contribution in [0.4, 0.5) is 8.78 Å². The molecule has 1 N–H and O–H groups in total. The zero-order chi connectivity index (χ0) is 15.4. The van der Waals surface area contributed by atoms with Crippen molar-refractivity contribution in [2.75, 3.05) is 7.05 Å². The van der Waals surface area contributed by atoms with Crippen molar-refractivity contribution in [2.45, 2.75) is 26.1 Å². The normalized spacial score (nSPS) is 12.7. The third-order valence-electron chi connectivity index (χ3n) is 3.14. The molecule has 0 aliphatic rings. The number of nitrogens with zero attached hydrogens (tertiary/aromatic N) is 2. The monoisotopic (exact) mass is 359 g/mol. The molecule has 0 fully saturated rings. The van der Waals surface area contributed by atoms with Gasteiger partial charge in [0.15, 0.2) is 0 Å². The van der Waals surface area contributed by atoms with E-state index in [2.05, 4.69) is 31.1 Å². The van der Waals surface area contributed by atoms with E-state index in [1.54, 1.807) is 31.4 Å². The summed E-state index contributed by atoms with van der Waals surface area (Å²) in [5.41, 5.74) is 1.50. The van der Waals surface area contributed by atoms with Crippen molar-refractivity contribution in [3.05, 3.63) is 46.2 Å². The lowest BCUT2D eigenvalue weighted by Crippen LogP contribution is -2.23. The highest BCUT2D eigenvalue weighted by atomic mass is 79.9. The van der Waals surface area contributed by atoms with Crippen molar-refractivity contribution >= 4 is 15.9 Å². The zero-order valence-corrected chi connectivity index (χ0v) is 13.3.